The summed E-state index contributed by atoms with van der Waals surface area (Å²) in [5.41, 5.74) is 3.54. The van der Waals surface area contributed by atoms with Crippen LogP contribution in [0, 0.1) is 5.41 Å². The van der Waals surface area contributed by atoms with Gasteiger partial charge in [0.1, 0.15) is 6.29 Å². The van der Waals surface area contributed by atoms with E-state index in [0.717, 1.165) is 18.3 Å². The summed E-state index contributed by atoms with van der Waals surface area (Å²) in [4.78, 5) is 10.7. The van der Waals surface area contributed by atoms with Crippen molar-refractivity contribution in [3.05, 3.63) is 34.9 Å². The average molecular weight is 190 g/mol. The lowest BCUT2D eigenvalue weighted by Gasteiger charge is -2.23. The maximum Gasteiger partial charge on any atom is 0.146 e. The Morgan fingerprint density at radius 3 is 2.43 bits per heavy atom. The van der Waals surface area contributed by atoms with Crippen molar-refractivity contribution >= 4 is 6.29 Å². The Morgan fingerprint density at radius 1 is 1.43 bits per heavy atom. The molecule has 14 heavy (non-hydrogen) atoms. The minimum Gasteiger partial charge on any atom is -0.298 e. The molecule has 0 atom stereocenters. The van der Waals surface area contributed by atoms with E-state index in [9.17, 15) is 4.79 Å². The van der Waals surface area contributed by atoms with Crippen LogP contribution in [0.15, 0.2) is 34.9 Å². The van der Waals surface area contributed by atoms with Crippen molar-refractivity contribution in [2.24, 2.45) is 5.41 Å². The van der Waals surface area contributed by atoms with Gasteiger partial charge in [0.15, 0.2) is 0 Å². The van der Waals surface area contributed by atoms with Crippen molar-refractivity contribution in [3.63, 3.8) is 0 Å². The molecule has 0 aromatic heterocycles. The van der Waals surface area contributed by atoms with Crippen LogP contribution in [0.3, 0.4) is 0 Å². The lowest BCUT2D eigenvalue weighted by Crippen LogP contribution is -2.12. The molecule has 0 aliphatic heterocycles. The normalized spacial score (nSPS) is 20.4. The number of allylic oxidation sites excluding steroid dienone is 6. The zero-order chi connectivity index (χ0) is 10.8. The zero-order valence-electron chi connectivity index (χ0n) is 9.42. The van der Waals surface area contributed by atoms with E-state index in [1.807, 2.05) is 13.0 Å². The van der Waals surface area contributed by atoms with E-state index in [2.05, 4.69) is 32.9 Å². The van der Waals surface area contributed by atoms with E-state index < -0.39 is 0 Å². The molecule has 1 aliphatic carbocycles. The van der Waals surface area contributed by atoms with Crippen LogP contribution >= 0.6 is 0 Å². The van der Waals surface area contributed by atoms with Gasteiger partial charge in [-0.3, -0.25) is 4.79 Å². The molecule has 76 valence electrons. The van der Waals surface area contributed by atoms with E-state index in [1.165, 1.54) is 11.1 Å². The second-order valence-corrected chi connectivity index (χ2v) is 4.29. The molecule has 0 aromatic rings. The summed E-state index contributed by atoms with van der Waals surface area (Å²) in [5.74, 6) is 0. The van der Waals surface area contributed by atoms with Gasteiger partial charge in [-0.15, -0.1) is 0 Å². The van der Waals surface area contributed by atoms with Crippen molar-refractivity contribution in [1.82, 2.24) is 0 Å². The predicted octanol–water partition coefficient (Wildman–Crippen LogP) is 3.43. The van der Waals surface area contributed by atoms with Gasteiger partial charge in [-0.2, -0.15) is 0 Å². The Kier molecular flexibility index (Phi) is 3.10. The molecule has 0 aromatic carbocycles. The first-order valence-corrected chi connectivity index (χ1v) is 5.07. The van der Waals surface area contributed by atoms with Crippen LogP contribution in [-0.2, 0) is 4.79 Å². The monoisotopic (exact) mass is 190 g/mol. The first-order valence-electron chi connectivity index (χ1n) is 5.07. The standard InChI is InChI=1S/C13H18O/c1-5-11(9-14)8-12-7-6-10(2)13(12,3)4/h6-9H,5H2,1-4H3. The number of carbonyl (C=O) groups is 1. The van der Waals surface area contributed by atoms with Gasteiger partial charge in [-0.1, -0.05) is 44.6 Å². The summed E-state index contributed by atoms with van der Waals surface area (Å²) in [6, 6.07) is 0. The Labute approximate surface area is 86.2 Å². The van der Waals surface area contributed by atoms with Crippen molar-refractivity contribution in [1.29, 1.82) is 0 Å². The highest BCUT2D eigenvalue weighted by Crippen LogP contribution is 2.40. The van der Waals surface area contributed by atoms with Crippen LogP contribution in [0.25, 0.3) is 0 Å². The van der Waals surface area contributed by atoms with Crippen molar-refractivity contribution < 1.29 is 4.79 Å². The second-order valence-electron chi connectivity index (χ2n) is 4.29. The lowest BCUT2D eigenvalue weighted by atomic mass is 9.81. The van der Waals surface area contributed by atoms with E-state index in [-0.39, 0.29) is 5.41 Å². The van der Waals surface area contributed by atoms with Gasteiger partial charge in [-0.25, -0.2) is 0 Å². The number of aldehydes is 1. The molecule has 0 radical (unpaired) electrons. The molecular weight excluding hydrogens is 172 g/mol. The van der Waals surface area contributed by atoms with Crippen molar-refractivity contribution in [2.75, 3.05) is 0 Å². The van der Waals surface area contributed by atoms with Crippen LogP contribution in [-0.4, -0.2) is 6.29 Å². The van der Waals surface area contributed by atoms with Crippen LogP contribution in [0.4, 0.5) is 0 Å². The highest BCUT2D eigenvalue weighted by atomic mass is 16.1. The molecule has 0 saturated heterocycles. The fourth-order valence-electron chi connectivity index (χ4n) is 1.51. The third-order valence-corrected chi connectivity index (χ3v) is 3.12. The van der Waals surface area contributed by atoms with E-state index in [1.54, 1.807) is 0 Å². The Hall–Kier alpha value is -1.11. The van der Waals surface area contributed by atoms with Gasteiger partial charge < -0.3 is 0 Å². The van der Waals surface area contributed by atoms with Gasteiger partial charge in [0.05, 0.1) is 0 Å². The second kappa shape index (κ2) is 3.95. The molecule has 0 heterocycles. The Balaban J connectivity index is 2.95. The highest BCUT2D eigenvalue weighted by Gasteiger charge is 2.26. The Morgan fingerprint density at radius 2 is 2.07 bits per heavy atom. The van der Waals surface area contributed by atoms with Crippen molar-refractivity contribution in [2.45, 2.75) is 34.1 Å². The quantitative estimate of drug-likeness (QED) is 0.492. The molecule has 1 aliphatic rings. The maximum atomic E-state index is 10.7. The third-order valence-electron chi connectivity index (χ3n) is 3.12. The molecule has 1 rings (SSSR count). The fraction of sp³-hybridized carbons (Fsp3) is 0.462. The first-order chi connectivity index (χ1) is 6.52. The molecular formula is C13H18O. The fourth-order valence-corrected chi connectivity index (χ4v) is 1.51. The minimum absolute atomic E-state index is 0.0867. The van der Waals surface area contributed by atoms with Gasteiger partial charge in [0, 0.05) is 5.41 Å². The molecule has 1 heteroatoms. The smallest absolute Gasteiger partial charge is 0.146 e. The first kappa shape index (κ1) is 11.0. The van der Waals surface area contributed by atoms with Crippen LogP contribution < -0.4 is 0 Å². The maximum absolute atomic E-state index is 10.7. The van der Waals surface area contributed by atoms with Crippen molar-refractivity contribution in [3.8, 4) is 0 Å². The number of rotatable bonds is 3. The molecule has 0 bridgehead atoms. The average Bonchev–Trinajstić information content (AvgIpc) is 2.40. The van der Waals surface area contributed by atoms with Gasteiger partial charge >= 0.3 is 0 Å². The summed E-state index contributed by atoms with van der Waals surface area (Å²) >= 11 is 0. The van der Waals surface area contributed by atoms with Crippen LogP contribution in [0.2, 0.25) is 0 Å². The van der Waals surface area contributed by atoms with E-state index in [4.69, 9.17) is 0 Å². The molecule has 0 unspecified atom stereocenters. The number of hydrogen-bond acceptors (Lipinski definition) is 1. The summed E-state index contributed by atoms with van der Waals surface area (Å²) in [7, 11) is 0. The predicted molar refractivity (Wildman–Crippen MR) is 60.1 cm³/mol. The molecule has 1 nitrogen and oxygen atoms in total. The highest BCUT2D eigenvalue weighted by molar-refractivity contribution is 5.74. The number of hydrogen-bond donors (Lipinski definition) is 0. The molecule has 0 saturated carbocycles. The Bertz CT molecular complexity index is 327. The zero-order valence-corrected chi connectivity index (χ0v) is 9.42. The minimum atomic E-state index is 0.0867. The van der Waals surface area contributed by atoms with Gasteiger partial charge in [0.25, 0.3) is 0 Å². The van der Waals surface area contributed by atoms with Gasteiger partial charge in [-0.05, 0) is 24.5 Å². The number of carbonyl (C=O) groups excluding carboxylic acids is 1. The van der Waals surface area contributed by atoms with Crippen LogP contribution in [0.1, 0.15) is 34.1 Å². The summed E-state index contributed by atoms with van der Waals surface area (Å²) in [6.45, 7) is 8.51. The molecule has 0 amide bonds. The molecule has 0 fully saturated rings. The SMILES string of the molecule is CCC(C=O)=CC1=CC=C(C)C1(C)C. The lowest BCUT2D eigenvalue weighted by molar-refractivity contribution is -0.105. The van der Waals surface area contributed by atoms with Gasteiger partial charge in [0.2, 0.25) is 0 Å². The largest absolute Gasteiger partial charge is 0.298 e. The summed E-state index contributed by atoms with van der Waals surface area (Å²) in [6.07, 6.45) is 8.00. The van der Waals surface area contributed by atoms with E-state index in [0.29, 0.717) is 0 Å². The third kappa shape index (κ3) is 1.87. The van der Waals surface area contributed by atoms with E-state index >= 15 is 0 Å². The molecule has 0 spiro atoms. The summed E-state index contributed by atoms with van der Waals surface area (Å²) in [5, 5.41) is 0. The topological polar surface area (TPSA) is 17.1 Å². The molecule has 0 N–H and O–H groups in total. The summed E-state index contributed by atoms with van der Waals surface area (Å²) < 4.78 is 0. The van der Waals surface area contributed by atoms with Crippen LogP contribution in [0.5, 0.6) is 0 Å².